The van der Waals surface area contributed by atoms with Crippen LogP contribution < -0.4 is 5.32 Å². The van der Waals surface area contributed by atoms with Crippen LogP contribution in [0.15, 0.2) is 0 Å². The summed E-state index contributed by atoms with van der Waals surface area (Å²) in [5, 5.41) is 21.2. The zero-order valence-corrected chi connectivity index (χ0v) is 22.3. The van der Waals surface area contributed by atoms with Crippen molar-refractivity contribution in [2.45, 2.75) is 122 Å². The summed E-state index contributed by atoms with van der Waals surface area (Å²) in [4.78, 5) is 40.1. The van der Waals surface area contributed by atoms with Crippen LogP contribution in [0.25, 0.3) is 0 Å². The lowest BCUT2D eigenvalue weighted by Gasteiger charge is -2.17. The van der Waals surface area contributed by atoms with E-state index >= 15 is 0 Å². The SMILES string of the molecule is CCCCCCCCCCCCCCCCCC(=O)OCC(O)CN[C@@H](COP(=O)(O)O)C(=O)O. The first-order valence-electron chi connectivity index (χ1n) is 13.2. The number of nitrogens with one attached hydrogen (secondary N) is 1. The Labute approximate surface area is 210 Å². The van der Waals surface area contributed by atoms with Crippen LogP contribution in [0.2, 0.25) is 0 Å². The third-order valence-corrected chi connectivity index (χ3v) is 6.21. The van der Waals surface area contributed by atoms with Crippen molar-refractivity contribution in [1.29, 1.82) is 0 Å². The predicted octanol–water partition coefficient (Wildman–Crippen LogP) is 4.30. The van der Waals surface area contributed by atoms with Crippen molar-refractivity contribution in [3.63, 3.8) is 0 Å². The number of rotatable bonds is 25. The summed E-state index contributed by atoms with van der Waals surface area (Å²) >= 11 is 0. The molecule has 35 heavy (non-hydrogen) atoms. The molecular weight excluding hydrogens is 477 g/mol. The van der Waals surface area contributed by atoms with Crippen LogP contribution >= 0.6 is 7.82 Å². The molecule has 0 saturated carbocycles. The Morgan fingerprint density at radius 3 is 1.69 bits per heavy atom. The topological polar surface area (TPSA) is 163 Å². The van der Waals surface area contributed by atoms with Crippen molar-refractivity contribution < 1.29 is 43.4 Å². The summed E-state index contributed by atoms with van der Waals surface area (Å²) in [5.74, 6) is -1.81. The summed E-state index contributed by atoms with van der Waals surface area (Å²) < 4.78 is 19.8. The zero-order chi connectivity index (χ0) is 26.4. The molecule has 0 aliphatic heterocycles. The number of aliphatic hydroxyl groups excluding tert-OH is 1. The number of hydrogen-bond acceptors (Lipinski definition) is 7. The number of phosphoric ester groups is 1. The molecule has 1 unspecified atom stereocenters. The first kappa shape index (κ1) is 34.0. The van der Waals surface area contributed by atoms with Gasteiger partial charge in [0, 0.05) is 13.0 Å². The molecule has 0 aromatic rings. The quantitative estimate of drug-likeness (QED) is 0.0659. The van der Waals surface area contributed by atoms with Crippen molar-refractivity contribution in [2.75, 3.05) is 19.8 Å². The van der Waals surface area contributed by atoms with Gasteiger partial charge in [-0.25, -0.2) is 4.57 Å². The van der Waals surface area contributed by atoms with E-state index in [0.29, 0.717) is 0 Å². The Kier molecular flexibility index (Phi) is 21.5. The fourth-order valence-corrected chi connectivity index (χ4v) is 3.97. The highest BCUT2D eigenvalue weighted by Crippen LogP contribution is 2.35. The van der Waals surface area contributed by atoms with Crippen LogP contribution in [0.3, 0.4) is 0 Å². The van der Waals surface area contributed by atoms with E-state index in [0.717, 1.165) is 19.3 Å². The van der Waals surface area contributed by atoms with E-state index in [-0.39, 0.29) is 19.6 Å². The second-order valence-corrected chi connectivity index (χ2v) is 10.4. The van der Waals surface area contributed by atoms with Gasteiger partial charge in [0.15, 0.2) is 0 Å². The molecule has 208 valence electrons. The molecule has 0 spiro atoms. The Balaban J connectivity index is 3.59. The number of esters is 1. The molecule has 0 saturated heterocycles. The van der Waals surface area contributed by atoms with Gasteiger partial charge in [-0.1, -0.05) is 96.8 Å². The van der Waals surface area contributed by atoms with Gasteiger partial charge in [-0.3, -0.25) is 19.4 Å². The van der Waals surface area contributed by atoms with Gasteiger partial charge in [-0.15, -0.1) is 0 Å². The number of hydrogen-bond donors (Lipinski definition) is 5. The molecule has 0 radical (unpaired) electrons. The molecule has 0 bridgehead atoms. The van der Waals surface area contributed by atoms with E-state index in [1.807, 2.05) is 0 Å². The Morgan fingerprint density at radius 1 is 0.800 bits per heavy atom. The van der Waals surface area contributed by atoms with Crippen molar-refractivity contribution in [3.8, 4) is 0 Å². The van der Waals surface area contributed by atoms with Crippen LogP contribution in [-0.2, 0) is 23.4 Å². The minimum Gasteiger partial charge on any atom is -0.480 e. The van der Waals surface area contributed by atoms with Crippen LogP contribution in [0.5, 0.6) is 0 Å². The van der Waals surface area contributed by atoms with Crippen LogP contribution in [0.1, 0.15) is 110 Å². The van der Waals surface area contributed by atoms with Crippen molar-refractivity contribution in [1.82, 2.24) is 5.32 Å². The van der Waals surface area contributed by atoms with Gasteiger partial charge in [-0.05, 0) is 6.42 Å². The Morgan fingerprint density at radius 2 is 1.26 bits per heavy atom. The van der Waals surface area contributed by atoms with Gasteiger partial charge in [0.2, 0.25) is 0 Å². The maximum atomic E-state index is 11.8. The highest BCUT2D eigenvalue weighted by Gasteiger charge is 2.24. The van der Waals surface area contributed by atoms with Crippen LogP contribution in [0, 0.1) is 0 Å². The number of carboxylic acid groups (broad SMARTS) is 1. The summed E-state index contributed by atoms with van der Waals surface area (Å²) in [6, 6.07) is -1.42. The summed E-state index contributed by atoms with van der Waals surface area (Å²) in [5.41, 5.74) is 0. The fourth-order valence-electron chi connectivity index (χ4n) is 3.63. The number of phosphoric acid groups is 1. The molecule has 0 amide bonds. The minimum absolute atomic E-state index is 0.242. The van der Waals surface area contributed by atoms with E-state index in [2.05, 4.69) is 16.8 Å². The van der Waals surface area contributed by atoms with E-state index < -0.39 is 38.5 Å². The molecule has 10 nitrogen and oxygen atoms in total. The molecule has 2 atom stereocenters. The molecule has 0 aromatic carbocycles. The molecule has 0 heterocycles. The van der Waals surface area contributed by atoms with Crippen molar-refractivity contribution in [3.05, 3.63) is 0 Å². The summed E-state index contributed by atoms with van der Waals surface area (Å²) in [6.07, 6.45) is 17.7. The van der Waals surface area contributed by atoms with Crippen molar-refractivity contribution >= 4 is 19.8 Å². The van der Waals surface area contributed by atoms with E-state index in [1.165, 1.54) is 77.0 Å². The lowest BCUT2D eigenvalue weighted by molar-refractivity contribution is -0.147. The normalized spacial score (nSPS) is 13.5. The van der Waals surface area contributed by atoms with Crippen molar-refractivity contribution in [2.24, 2.45) is 0 Å². The average molecular weight is 526 g/mol. The third-order valence-electron chi connectivity index (χ3n) is 5.73. The first-order chi connectivity index (χ1) is 16.7. The standard InChI is InChI=1S/C24H48NO9P/c1-2-3-4-5-6-7-8-9-10-11-12-13-14-15-16-17-23(27)33-19-21(26)18-25-22(24(28)29)20-34-35(30,31)32/h21-22,25-26H,2-20H2,1H3,(H,28,29)(H2,30,31,32)/t21?,22-/m0/s1. The highest BCUT2D eigenvalue weighted by molar-refractivity contribution is 7.46. The molecule has 0 fully saturated rings. The summed E-state index contributed by atoms with van der Waals surface area (Å²) in [7, 11) is -4.80. The van der Waals surface area contributed by atoms with E-state index in [4.69, 9.17) is 19.6 Å². The number of aliphatic hydroxyl groups is 1. The monoisotopic (exact) mass is 525 g/mol. The van der Waals surface area contributed by atoms with Gasteiger partial charge < -0.3 is 24.7 Å². The second-order valence-electron chi connectivity index (χ2n) is 9.12. The number of aliphatic carboxylic acids is 1. The fraction of sp³-hybridized carbons (Fsp3) is 0.917. The molecular formula is C24H48NO9P. The molecule has 0 aliphatic rings. The molecule has 0 rings (SSSR count). The first-order valence-corrected chi connectivity index (χ1v) is 14.7. The molecule has 0 aliphatic carbocycles. The Bertz CT molecular complexity index is 585. The maximum absolute atomic E-state index is 11.8. The van der Waals surface area contributed by atoms with E-state index in [9.17, 15) is 19.3 Å². The largest absolute Gasteiger partial charge is 0.480 e. The molecule has 5 N–H and O–H groups in total. The lowest BCUT2D eigenvalue weighted by atomic mass is 10.0. The predicted molar refractivity (Wildman–Crippen MR) is 134 cm³/mol. The lowest BCUT2D eigenvalue weighted by Crippen LogP contribution is -2.44. The smallest absolute Gasteiger partial charge is 0.469 e. The van der Waals surface area contributed by atoms with Gasteiger partial charge in [-0.2, -0.15) is 0 Å². The van der Waals surface area contributed by atoms with Gasteiger partial charge in [0.1, 0.15) is 18.8 Å². The van der Waals surface area contributed by atoms with Gasteiger partial charge in [0.25, 0.3) is 0 Å². The Hall–Kier alpha value is -1.03. The molecule has 11 heteroatoms. The second kappa shape index (κ2) is 22.2. The minimum atomic E-state index is -4.80. The van der Waals surface area contributed by atoms with Gasteiger partial charge in [0.05, 0.1) is 6.61 Å². The van der Waals surface area contributed by atoms with Crippen LogP contribution in [0.4, 0.5) is 0 Å². The van der Waals surface area contributed by atoms with Gasteiger partial charge >= 0.3 is 19.8 Å². The number of carbonyl (C=O) groups is 2. The zero-order valence-electron chi connectivity index (χ0n) is 21.4. The maximum Gasteiger partial charge on any atom is 0.469 e. The third kappa shape index (κ3) is 24.4. The number of ether oxygens (including phenoxy) is 1. The summed E-state index contributed by atoms with van der Waals surface area (Å²) in [6.45, 7) is 0.933. The number of carbonyl (C=O) groups excluding carboxylic acids is 1. The number of unbranched alkanes of at least 4 members (excludes halogenated alkanes) is 14. The average Bonchev–Trinajstić information content (AvgIpc) is 2.79. The highest BCUT2D eigenvalue weighted by atomic mass is 31.2. The number of carboxylic acids is 1. The van der Waals surface area contributed by atoms with Crippen LogP contribution in [-0.4, -0.2) is 63.8 Å². The molecule has 0 aromatic heterocycles. The van der Waals surface area contributed by atoms with E-state index in [1.54, 1.807) is 0 Å².